The molecule has 1 atom stereocenters. The summed E-state index contributed by atoms with van der Waals surface area (Å²) in [6, 6.07) is 16.2. The van der Waals surface area contributed by atoms with Crippen LogP contribution in [-0.4, -0.2) is 54.7 Å². The molecule has 1 aliphatic carbocycles. The van der Waals surface area contributed by atoms with Gasteiger partial charge in [0.15, 0.2) is 0 Å². The second kappa shape index (κ2) is 10.1. The Kier molecular flexibility index (Phi) is 7.28. The molecule has 0 bridgehead atoms. The van der Waals surface area contributed by atoms with Crippen LogP contribution in [0.4, 0.5) is 4.79 Å². The van der Waals surface area contributed by atoms with Crippen molar-refractivity contribution in [3.63, 3.8) is 0 Å². The van der Waals surface area contributed by atoms with Crippen LogP contribution in [0.15, 0.2) is 48.5 Å². The molecule has 2 amide bonds. The zero-order chi connectivity index (χ0) is 22.4. The molecule has 0 aromatic heterocycles. The first-order chi connectivity index (χ1) is 14.9. The van der Waals surface area contributed by atoms with Gasteiger partial charge in [-0.3, -0.25) is 9.59 Å². The molecule has 2 N–H and O–H groups in total. The summed E-state index contributed by atoms with van der Waals surface area (Å²) in [6.07, 6.45) is 0.701. The topological polar surface area (TPSA) is 95.9 Å². The zero-order valence-corrected chi connectivity index (χ0v) is 17.8. The quantitative estimate of drug-likeness (QED) is 0.642. The Labute approximate surface area is 182 Å². The number of fused-ring (bicyclic) bond motifs is 3. The average Bonchev–Trinajstić information content (AvgIpc) is 3.08. The summed E-state index contributed by atoms with van der Waals surface area (Å²) in [4.78, 5) is 36.9. The summed E-state index contributed by atoms with van der Waals surface area (Å²) in [7, 11) is 1.45. The third-order valence-electron chi connectivity index (χ3n) is 5.57. The molecule has 3 rings (SSSR count). The van der Waals surface area contributed by atoms with E-state index >= 15 is 0 Å². The molecule has 7 nitrogen and oxygen atoms in total. The molecule has 0 spiro atoms. The highest BCUT2D eigenvalue weighted by Crippen LogP contribution is 2.44. The van der Waals surface area contributed by atoms with E-state index in [1.807, 2.05) is 31.2 Å². The van der Waals surface area contributed by atoms with E-state index in [-0.39, 0.29) is 31.5 Å². The zero-order valence-electron chi connectivity index (χ0n) is 17.8. The van der Waals surface area contributed by atoms with E-state index in [4.69, 9.17) is 9.84 Å². The highest BCUT2D eigenvalue weighted by Gasteiger charge is 2.29. The van der Waals surface area contributed by atoms with Gasteiger partial charge in [0.25, 0.3) is 0 Å². The van der Waals surface area contributed by atoms with Crippen LogP contribution in [0.5, 0.6) is 0 Å². The second-order valence-electron chi connectivity index (χ2n) is 7.78. The normalized spacial score (nSPS) is 13.1. The maximum atomic E-state index is 12.5. The first-order valence-corrected chi connectivity index (χ1v) is 10.5. The van der Waals surface area contributed by atoms with Crippen molar-refractivity contribution in [3.05, 3.63) is 59.7 Å². The number of hydrogen-bond donors (Lipinski definition) is 2. The van der Waals surface area contributed by atoms with Crippen LogP contribution < -0.4 is 5.32 Å². The lowest BCUT2D eigenvalue weighted by molar-refractivity contribution is -0.145. The predicted octanol–water partition coefficient (Wildman–Crippen LogP) is 3.48. The van der Waals surface area contributed by atoms with Crippen molar-refractivity contribution in [3.8, 4) is 11.1 Å². The maximum absolute atomic E-state index is 12.5. The number of rotatable bonds is 9. The molecule has 0 fully saturated rings. The third kappa shape index (κ3) is 5.23. The Morgan fingerprint density at radius 3 is 2.19 bits per heavy atom. The van der Waals surface area contributed by atoms with E-state index in [0.29, 0.717) is 6.42 Å². The molecule has 164 valence electrons. The maximum Gasteiger partial charge on any atom is 0.407 e. The predicted molar refractivity (Wildman–Crippen MR) is 117 cm³/mol. The molecule has 0 radical (unpaired) electrons. The molecule has 1 unspecified atom stereocenters. The van der Waals surface area contributed by atoms with Crippen molar-refractivity contribution in [2.75, 3.05) is 26.7 Å². The van der Waals surface area contributed by atoms with Gasteiger partial charge in [-0.15, -0.1) is 0 Å². The summed E-state index contributed by atoms with van der Waals surface area (Å²) in [5.74, 6) is -1.90. The monoisotopic (exact) mass is 424 g/mol. The lowest BCUT2D eigenvalue weighted by Gasteiger charge is -2.22. The van der Waals surface area contributed by atoms with Crippen molar-refractivity contribution >= 4 is 18.0 Å². The fourth-order valence-electron chi connectivity index (χ4n) is 4.11. The number of alkyl carbamates (subject to hydrolysis) is 1. The van der Waals surface area contributed by atoms with Gasteiger partial charge in [-0.2, -0.15) is 0 Å². The number of benzene rings is 2. The molecule has 31 heavy (non-hydrogen) atoms. The van der Waals surface area contributed by atoms with E-state index in [2.05, 4.69) is 29.6 Å². The number of ether oxygens (including phenoxy) is 1. The van der Waals surface area contributed by atoms with Crippen LogP contribution >= 0.6 is 0 Å². The van der Waals surface area contributed by atoms with Gasteiger partial charge in [0.05, 0.1) is 5.92 Å². The number of amides is 2. The number of hydrogen-bond acceptors (Lipinski definition) is 4. The minimum atomic E-state index is -1.07. The number of nitrogens with one attached hydrogen (secondary N) is 1. The van der Waals surface area contributed by atoms with E-state index in [0.717, 1.165) is 28.7 Å². The molecule has 2 aromatic rings. The largest absolute Gasteiger partial charge is 0.480 e. The van der Waals surface area contributed by atoms with Crippen molar-refractivity contribution in [1.82, 2.24) is 10.2 Å². The molecule has 0 heterocycles. The SMILES string of the molecule is CCCC(CNC(=O)OCC1c2ccccc2-c2ccccc21)C(=O)N(C)CC(=O)O. The standard InChI is InChI=1S/C24H28N2O5/c1-3-8-16(23(29)26(2)14-22(27)28)13-25-24(30)31-15-21-19-11-6-4-9-17(19)18-10-5-7-12-20(18)21/h4-7,9-12,16,21H,3,8,13-15H2,1-2H3,(H,25,30)(H,27,28). The highest BCUT2D eigenvalue weighted by molar-refractivity contribution is 5.83. The Balaban J connectivity index is 1.58. The van der Waals surface area contributed by atoms with Crippen molar-refractivity contribution in [2.24, 2.45) is 5.92 Å². The first kappa shape index (κ1) is 22.3. The lowest BCUT2D eigenvalue weighted by Crippen LogP contribution is -2.42. The minimum Gasteiger partial charge on any atom is -0.480 e. The second-order valence-corrected chi connectivity index (χ2v) is 7.78. The number of carbonyl (C=O) groups is 3. The fourth-order valence-corrected chi connectivity index (χ4v) is 4.11. The van der Waals surface area contributed by atoms with Crippen molar-refractivity contribution < 1.29 is 24.2 Å². The summed E-state index contributed by atoms with van der Waals surface area (Å²) >= 11 is 0. The van der Waals surface area contributed by atoms with E-state index in [9.17, 15) is 14.4 Å². The molecule has 2 aromatic carbocycles. The van der Waals surface area contributed by atoms with Crippen LogP contribution in [0.1, 0.15) is 36.8 Å². The Morgan fingerprint density at radius 2 is 1.65 bits per heavy atom. The van der Waals surface area contributed by atoms with Crippen molar-refractivity contribution in [1.29, 1.82) is 0 Å². The summed E-state index contributed by atoms with van der Waals surface area (Å²) in [6.45, 7) is 1.87. The van der Waals surface area contributed by atoms with Gasteiger partial charge in [-0.25, -0.2) is 4.79 Å². The van der Waals surface area contributed by atoms with Crippen LogP contribution in [0.2, 0.25) is 0 Å². The van der Waals surface area contributed by atoms with Gasteiger partial charge in [-0.05, 0) is 28.7 Å². The van der Waals surface area contributed by atoms with Gasteiger partial charge < -0.3 is 20.1 Å². The number of nitrogens with zero attached hydrogens (tertiary/aromatic N) is 1. The Morgan fingerprint density at radius 1 is 1.06 bits per heavy atom. The molecular weight excluding hydrogens is 396 g/mol. The summed E-state index contributed by atoms with van der Waals surface area (Å²) in [5, 5.41) is 11.6. The molecular formula is C24H28N2O5. The van der Waals surface area contributed by atoms with Crippen LogP contribution in [0.3, 0.4) is 0 Å². The Hall–Kier alpha value is -3.35. The van der Waals surface area contributed by atoms with Crippen LogP contribution in [-0.2, 0) is 14.3 Å². The first-order valence-electron chi connectivity index (χ1n) is 10.5. The fraction of sp³-hybridized carbons (Fsp3) is 0.375. The number of aliphatic carboxylic acids is 1. The van der Waals surface area contributed by atoms with E-state index < -0.39 is 18.0 Å². The molecule has 1 aliphatic rings. The highest BCUT2D eigenvalue weighted by atomic mass is 16.5. The smallest absolute Gasteiger partial charge is 0.407 e. The number of likely N-dealkylation sites (N-methyl/N-ethyl adjacent to an activating group) is 1. The number of carbonyl (C=O) groups excluding carboxylic acids is 2. The van der Waals surface area contributed by atoms with Gasteiger partial charge in [0.2, 0.25) is 5.91 Å². The van der Waals surface area contributed by atoms with Gasteiger partial charge in [-0.1, -0.05) is 61.9 Å². The lowest BCUT2D eigenvalue weighted by atomic mass is 9.98. The molecule has 0 aliphatic heterocycles. The average molecular weight is 424 g/mol. The summed E-state index contributed by atoms with van der Waals surface area (Å²) in [5.41, 5.74) is 4.57. The number of carboxylic acid groups (broad SMARTS) is 1. The van der Waals surface area contributed by atoms with E-state index in [1.165, 1.54) is 11.9 Å². The molecule has 0 saturated heterocycles. The van der Waals surface area contributed by atoms with Gasteiger partial charge in [0.1, 0.15) is 13.2 Å². The summed E-state index contributed by atoms with van der Waals surface area (Å²) < 4.78 is 5.50. The van der Waals surface area contributed by atoms with Gasteiger partial charge in [0, 0.05) is 19.5 Å². The van der Waals surface area contributed by atoms with Crippen LogP contribution in [0.25, 0.3) is 11.1 Å². The van der Waals surface area contributed by atoms with Gasteiger partial charge >= 0.3 is 12.1 Å². The minimum absolute atomic E-state index is 0.0343. The molecule has 0 saturated carbocycles. The van der Waals surface area contributed by atoms with Crippen LogP contribution in [0, 0.1) is 5.92 Å². The third-order valence-corrected chi connectivity index (χ3v) is 5.57. The van der Waals surface area contributed by atoms with E-state index in [1.54, 1.807) is 0 Å². The molecule has 7 heteroatoms. The number of carboxylic acids is 1. The van der Waals surface area contributed by atoms with Crippen molar-refractivity contribution in [2.45, 2.75) is 25.7 Å². The Bertz CT molecular complexity index is 913.